The number of carbonyl (C=O) groups excluding carboxylic acids is 1. The Morgan fingerprint density at radius 3 is 2.38 bits per heavy atom. The van der Waals surface area contributed by atoms with Crippen molar-refractivity contribution in [2.45, 2.75) is 52.2 Å². The fraction of sp³-hybridized carbons (Fsp3) is 0.917. The van der Waals surface area contributed by atoms with Gasteiger partial charge in [-0.05, 0) is 40.7 Å². The average Bonchev–Trinajstić information content (AvgIpc) is 2.16. The number of ether oxygens (including phenoxy) is 1. The van der Waals surface area contributed by atoms with Gasteiger partial charge in [-0.25, -0.2) is 4.79 Å². The standard InChI is InChI=1S/C12H26N2O2/c1-7-10(13-5)8-9-14(6)11(15)16-12(2,3)4/h10,13H,7-9H2,1-6H3. The number of carbonyl (C=O) groups is 1. The van der Waals surface area contributed by atoms with E-state index < -0.39 is 5.60 Å². The summed E-state index contributed by atoms with van der Waals surface area (Å²) in [6.07, 6.45) is 1.76. The molecule has 0 aliphatic carbocycles. The second-order valence-corrected chi connectivity index (χ2v) is 5.08. The lowest BCUT2D eigenvalue weighted by Crippen LogP contribution is -2.37. The van der Waals surface area contributed by atoms with Crippen molar-refractivity contribution >= 4 is 6.09 Å². The fourth-order valence-electron chi connectivity index (χ4n) is 1.33. The highest BCUT2D eigenvalue weighted by molar-refractivity contribution is 5.67. The van der Waals surface area contributed by atoms with Crippen molar-refractivity contribution in [2.24, 2.45) is 0 Å². The van der Waals surface area contributed by atoms with Crippen molar-refractivity contribution in [2.75, 3.05) is 20.6 Å². The Kier molecular flexibility index (Phi) is 6.41. The van der Waals surface area contributed by atoms with E-state index in [4.69, 9.17) is 4.74 Å². The first kappa shape index (κ1) is 15.2. The summed E-state index contributed by atoms with van der Waals surface area (Å²) < 4.78 is 5.27. The van der Waals surface area contributed by atoms with E-state index in [1.807, 2.05) is 27.8 Å². The molecule has 1 atom stereocenters. The summed E-state index contributed by atoms with van der Waals surface area (Å²) in [4.78, 5) is 13.3. The Hall–Kier alpha value is -0.770. The molecule has 0 radical (unpaired) electrons. The van der Waals surface area contributed by atoms with Crippen molar-refractivity contribution in [3.63, 3.8) is 0 Å². The summed E-state index contributed by atoms with van der Waals surface area (Å²) in [6, 6.07) is 0.463. The first-order valence-electron chi connectivity index (χ1n) is 5.91. The Balaban J connectivity index is 3.97. The number of hydrogen-bond acceptors (Lipinski definition) is 3. The van der Waals surface area contributed by atoms with Crippen LogP contribution in [0.15, 0.2) is 0 Å². The summed E-state index contributed by atoms with van der Waals surface area (Å²) >= 11 is 0. The minimum absolute atomic E-state index is 0.251. The van der Waals surface area contributed by atoms with E-state index in [2.05, 4.69) is 12.2 Å². The molecular formula is C12H26N2O2. The highest BCUT2D eigenvalue weighted by atomic mass is 16.6. The van der Waals surface area contributed by atoms with Crippen LogP contribution < -0.4 is 5.32 Å². The van der Waals surface area contributed by atoms with Gasteiger partial charge >= 0.3 is 6.09 Å². The van der Waals surface area contributed by atoms with E-state index in [1.54, 1.807) is 11.9 Å². The second kappa shape index (κ2) is 6.74. The molecule has 1 unspecified atom stereocenters. The molecule has 0 spiro atoms. The van der Waals surface area contributed by atoms with Gasteiger partial charge in [0.15, 0.2) is 0 Å². The first-order chi connectivity index (χ1) is 7.30. The minimum atomic E-state index is -0.418. The molecule has 0 aromatic heterocycles. The van der Waals surface area contributed by atoms with Crippen LogP contribution in [0.2, 0.25) is 0 Å². The van der Waals surface area contributed by atoms with Gasteiger partial charge in [-0.3, -0.25) is 0 Å². The molecule has 0 rings (SSSR count). The second-order valence-electron chi connectivity index (χ2n) is 5.08. The van der Waals surface area contributed by atoms with Gasteiger partial charge in [-0.15, -0.1) is 0 Å². The maximum atomic E-state index is 11.6. The molecule has 0 bridgehead atoms. The van der Waals surface area contributed by atoms with Crippen LogP contribution in [0.1, 0.15) is 40.5 Å². The summed E-state index contributed by atoms with van der Waals surface area (Å²) in [6.45, 7) is 8.48. The molecule has 0 aromatic rings. The van der Waals surface area contributed by atoms with Gasteiger partial charge in [0.05, 0.1) is 0 Å². The van der Waals surface area contributed by atoms with Crippen molar-refractivity contribution in [3.05, 3.63) is 0 Å². The quantitative estimate of drug-likeness (QED) is 0.787. The topological polar surface area (TPSA) is 41.6 Å². The Labute approximate surface area is 99.3 Å². The van der Waals surface area contributed by atoms with E-state index in [-0.39, 0.29) is 6.09 Å². The molecule has 0 saturated heterocycles. The Bertz CT molecular complexity index is 208. The average molecular weight is 230 g/mol. The van der Waals surface area contributed by atoms with E-state index in [9.17, 15) is 4.79 Å². The lowest BCUT2D eigenvalue weighted by atomic mass is 10.1. The molecule has 0 aromatic carbocycles. The summed E-state index contributed by atoms with van der Waals surface area (Å²) in [7, 11) is 3.72. The third-order valence-electron chi connectivity index (χ3n) is 2.42. The molecule has 1 amide bonds. The van der Waals surface area contributed by atoms with Crippen LogP contribution in [0.4, 0.5) is 4.79 Å². The first-order valence-corrected chi connectivity index (χ1v) is 5.91. The smallest absolute Gasteiger partial charge is 0.410 e. The van der Waals surface area contributed by atoms with Crippen molar-refractivity contribution in [1.29, 1.82) is 0 Å². The van der Waals surface area contributed by atoms with Crippen LogP contribution in [-0.4, -0.2) is 43.3 Å². The van der Waals surface area contributed by atoms with Gasteiger partial charge in [-0.2, -0.15) is 0 Å². The summed E-state index contributed by atoms with van der Waals surface area (Å²) in [5.74, 6) is 0. The number of rotatable bonds is 5. The zero-order chi connectivity index (χ0) is 12.8. The predicted octanol–water partition coefficient (Wildman–Crippen LogP) is 2.24. The monoisotopic (exact) mass is 230 g/mol. The van der Waals surface area contributed by atoms with E-state index in [0.717, 1.165) is 12.8 Å². The third kappa shape index (κ3) is 6.67. The van der Waals surface area contributed by atoms with E-state index in [1.165, 1.54) is 0 Å². The highest BCUT2D eigenvalue weighted by Gasteiger charge is 2.19. The van der Waals surface area contributed by atoms with Gasteiger partial charge in [0.25, 0.3) is 0 Å². The van der Waals surface area contributed by atoms with Crippen LogP contribution in [0.3, 0.4) is 0 Å². The lowest BCUT2D eigenvalue weighted by Gasteiger charge is -2.25. The van der Waals surface area contributed by atoms with Crippen molar-refractivity contribution in [3.8, 4) is 0 Å². The molecule has 4 nitrogen and oxygen atoms in total. The Morgan fingerprint density at radius 2 is 2.00 bits per heavy atom. The molecule has 0 aliphatic heterocycles. The van der Waals surface area contributed by atoms with Gasteiger partial charge in [-0.1, -0.05) is 6.92 Å². The van der Waals surface area contributed by atoms with Crippen LogP contribution in [0, 0.1) is 0 Å². The predicted molar refractivity (Wildman–Crippen MR) is 66.6 cm³/mol. The number of hydrogen-bond donors (Lipinski definition) is 1. The zero-order valence-corrected chi connectivity index (χ0v) is 11.5. The van der Waals surface area contributed by atoms with Gasteiger partial charge < -0.3 is 15.0 Å². The van der Waals surface area contributed by atoms with Crippen molar-refractivity contribution in [1.82, 2.24) is 10.2 Å². The molecule has 0 aliphatic rings. The largest absolute Gasteiger partial charge is 0.444 e. The molecule has 4 heteroatoms. The van der Waals surface area contributed by atoms with E-state index >= 15 is 0 Å². The molecule has 1 N–H and O–H groups in total. The van der Waals surface area contributed by atoms with Crippen LogP contribution in [0.25, 0.3) is 0 Å². The Morgan fingerprint density at radius 1 is 1.44 bits per heavy atom. The number of nitrogens with one attached hydrogen (secondary N) is 1. The summed E-state index contributed by atoms with van der Waals surface area (Å²) in [5, 5.41) is 3.22. The zero-order valence-electron chi connectivity index (χ0n) is 11.5. The lowest BCUT2D eigenvalue weighted by molar-refractivity contribution is 0.0293. The number of nitrogens with zero attached hydrogens (tertiary/aromatic N) is 1. The van der Waals surface area contributed by atoms with Crippen LogP contribution >= 0.6 is 0 Å². The molecule has 0 saturated carbocycles. The maximum absolute atomic E-state index is 11.6. The van der Waals surface area contributed by atoms with E-state index in [0.29, 0.717) is 12.6 Å². The molecule has 16 heavy (non-hydrogen) atoms. The third-order valence-corrected chi connectivity index (χ3v) is 2.42. The maximum Gasteiger partial charge on any atom is 0.410 e. The van der Waals surface area contributed by atoms with Gasteiger partial charge in [0, 0.05) is 19.6 Å². The van der Waals surface area contributed by atoms with Gasteiger partial charge in [0.2, 0.25) is 0 Å². The summed E-state index contributed by atoms with van der Waals surface area (Å²) in [5.41, 5.74) is -0.418. The number of amides is 1. The van der Waals surface area contributed by atoms with Gasteiger partial charge in [0.1, 0.15) is 5.60 Å². The molecule has 0 heterocycles. The molecule has 96 valence electrons. The SMILES string of the molecule is CCC(CCN(C)C(=O)OC(C)(C)C)NC. The normalized spacial score (nSPS) is 13.4. The van der Waals surface area contributed by atoms with Crippen LogP contribution in [-0.2, 0) is 4.74 Å². The van der Waals surface area contributed by atoms with Crippen LogP contribution in [0.5, 0.6) is 0 Å². The molecule has 0 fully saturated rings. The van der Waals surface area contributed by atoms with Crippen molar-refractivity contribution < 1.29 is 9.53 Å². The highest BCUT2D eigenvalue weighted by Crippen LogP contribution is 2.09. The minimum Gasteiger partial charge on any atom is -0.444 e. The molecular weight excluding hydrogens is 204 g/mol. The fourth-order valence-corrected chi connectivity index (χ4v) is 1.33.